The lowest BCUT2D eigenvalue weighted by atomic mass is 10.5. The summed E-state index contributed by atoms with van der Waals surface area (Å²) in [6.07, 6.45) is 7.80. The van der Waals surface area contributed by atoms with E-state index < -0.39 is 15.4 Å². The molecule has 0 aromatic rings. The van der Waals surface area contributed by atoms with Gasteiger partial charge in [0.05, 0.1) is 12.0 Å². The summed E-state index contributed by atoms with van der Waals surface area (Å²) in [5, 5.41) is -0.888. The van der Waals surface area contributed by atoms with Crippen LogP contribution in [-0.4, -0.2) is 35.0 Å². The van der Waals surface area contributed by atoms with E-state index in [-0.39, 0.29) is 4.93 Å². The molecule has 1 atom stereocenters. The Morgan fingerprint density at radius 3 is 2.00 bits per heavy atom. The standard InChI is InChI=1S/C9H23NO3S4/c1-8(2,11-14-4)17(6,7)12-9(3,10)16-13-15-5/h10H2,1-7H3. The van der Waals surface area contributed by atoms with Crippen molar-refractivity contribution in [1.29, 1.82) is 0 Å². The quantitative estimate of drug-likeness (QED) is 0.541. The van der Waals surface area contributed by atoms with Crippen LogP contribution < -0.4 is 5.73 Å². The summed E-state index contributed by atoms with van der Waals surface area (Å²) in [5.41, 5.74) is 6.04. The van der Waals surface area contributed by atoms with Gasteiger partial charge in [0.15, 0.2) is 5.06 Å². The average molecular weight is 322 g/mol. The Bertz CT molecular complexity index is 236. The largest absolute Gasteiger partial charge is 0.300 e. The first-order valence-corrected chi connectivity index (χ1v) is 10.3. The van der Waals surface area contributed by atoms with Crippen molar-refractivity contribution in [2.24, 2.45) is 5.73 Å². The van der Waals surface area contributed by atoms with E-state index in [0.717, 1.165) is 12.0 Å². The van der Waals surface area contributed by atoms with E-state index >= 15 is 0 Å². The van der Waals surface area contributed by atoms with Crippen molar-refractivity contribution in [1.82, 2.24) is 0 Å². The summed E-state index contributed by atoms with van der Waals surface area (Å²) < 4.78 is 16.8. The number of hydrogen-bond acceptors (Lipinski definition) is 7. The highest BCUT2D eigenvalue weighted by Gasteiger charge is 2.40. The first-order chi connectivity index (χ1) is 7.58. The molecule has 0 spiro atoms. The van der Waals surface area contributed by atoms with Crippen LogP contribution in [0.2, 0.25) is 0 Å². The maximum atomic E-state index is 6.04. The first-order valence-electron chi connectivity index (χ1n) is 4.90. The molecular formula is C9H23NO3S4. The van der Waals surface area contributed by atoms with Gasteiger partial charge in [0.25, 0.3) is 0 Å². The highest BCUT2D eigenvalue weighted by molar-refractivity contribution is 8.30. The van der Waals surface area contributed by atoms with E-state index in [1.807, 2.05) is 38.9 Å². The van der Waals surface area contributed by atoms with Crippen molar-refractivity contribution in [2.75, 3.05) is 25.0 Å². The Morgan fingerprint density at radius 2 is 1.59 bits per heavy atom. The van der Waals surface area contributed by atoms with Gasteiger partial charge in [0.2, 0.25) is 0 Å². The lowest BCUT2D eigenvalue weighted by molar-refractivity contribution is 0.173. The van der Waals surface area contributed by atoms with E-state index in [0.29, 0.717) is 0 Å². The molecule has 0 aliphatic rings. The van der Waals surface area contributed by atoms with E-state index in [2.05, 4.69) is 0 Å². The molecule has 0 rings (SSSR count). The minimum atomic E-state index is -1.49. The van der Waals surface area contributed by atoms with Crippen molar-refractivity contribution in [3.8, 4) is 0 Å². The first kappa shape index (κ1) is 18.2. The molecule has 0 aromatic carbocycles. The molecule has 0 radical (unpaired) electrons. The molecule has 0 saturated heterocycles. The van der Waals surface area contributed by atoms with Gasteiger partial charge >= 0.3 is 0 Å². The fraction of sp³-hybridized carbons (Fsp3) is 1.00. The zero-order valence-electron chi connectivity index (χ0n) is 11.4. The monoisotopic (exact) mass is 321 g/mol. The van der Waals surface area contributed by atoms with Gasteiger partial charge in [-0.15, -0.1) is 10.3 Å². The zero-order chi connectivity index (χ0) is 13.7. The molecule has 0 aliphatic carbocycles. The number of hydrogen-bond donors (Lipinski definition) is 1. The van der Waals surface area contributed by atoms with Crippen molar-refractivity contribution < 1.29 is 12.0 Å². The van der Waals surface area contributed by atoms with Crippen LogP contribution in [0.15, 0.2) is 0 Å². The van der Waals surface area contributed by atoms with E-state index in [1.54, 1.807) is 6.92 Å². The Hall–Kier alpha value is 1.24. The summed E-state index contributed by atoms with van der Waals surface area (Å²) in [5.74, 6) is 0. The van der Waals surface area contributed by atoms with Crippen LogP contribution in [0.4, 0.5) is 0 Å². The summed E-state index contributed by atoms with van der Waals surface area (Å²) in [4.78, 5) is -0.382. The van der Waals surface area contributed by atoms with E-state index in [4.69, 9.17) is 17.7 Å². The molecule has 0 aromatic heterocycles. The average Bonchev–Trinajstić information content (AvgIpc) is 2.12. The fourth-order valence-electron chi connectivity index (χ4n) is 0.912. The molecule has 17 heavy (non-hydrogen) atoms. The highest BCUT2D eigenvalue weighted by atomic mass is 32.3. The Labute approximate surface area is 120 Å². The molecule has 0 fully saturated rings. The zero-order valence-corrected chi connectivity index (χ0v) is 14.7. The molecule has 4 nitrogen and oxygen atoms in total. The number of nitrogens with two attached hydrogens (primary N) is 1. The summed E-state index contributed by atoms with van der Waals surface area (Å²) in [6.45, 7) is 5.81. The third-order valence-electron chi connectivity index (χ3n) is 2.11. The second-order valence-electron chi connectivity index (χ2n) is 4.30. The smallest absolute Gasteiger partial charge is 0.199 e. The van der Waals surface area contributed by atoms with Gasteiger partial charge < -0.3 is 0 Å². The van der Waals surface area contributed by atoms with Crippen LogP contribution in [0.25, 0.3) is 0 Å². The van der Waals surface area contributed by atoms with Crippen LogP contribution in [-0.2, 0) is 12.0 Å². The van der Waals surface area contributed by atoms with Gasteiger partial charge in [-0.2, -0.15) is 0 Å². The van der Waals surface area contributed by atoms with Crippen LogP contribution in [0.1, 0.15) is 20.8 Å². The van der Waals surface area contributed by atoms with Gasteiger partial charge in [-0.3, -0.25) is 14.1 Å². The van der Waals surface area contributed by atoms with Crippen molar-refractivity contribution in [3.63, 3.8) is 0 Å². The fourth-order valence-corrected chi connectivity index (χ4v) is 4.64. The van der Waals surface area contributed by atoms with Crippen molar-refractivity contribution in [3.05, 3.63) is 0 Å². The Kier molecular flexibility index (Phi) is 7.66. The molecule has 0 saturated carbocycles. The van der Waals surface area contributed by atoms with E-state index in [9.17, 15) is 0 Å². The van der Waals surface area contributed by atoms with Crippen LogP contribution >= 0.6 is 46.4 Å². The van der Waals surface area contributed by atoms with Crippen molar-refractivity contribution >= 4 is 46.4 Å². The highest BCUT2D eigenvalue weighted by Crippen LogP contribution is 2.58. The Balaban J connectivity index is 4.61. The molecule has 1 unspecified atom stereocenters. The van der Waals surface area contributed by atoms with Crippen LogP contribution in [0.5, 0.6) is 0 Å². The van der Waals surface area contributed by atoms with Gasteiger partial charge in [-0.05, 0) is 45.3 Å². The number of rotatable bonds is 8. The summed E-state index contributed by atoms with van der Waals surface area (Å²) >= 11 is 3.70. The van der Waals surface area contributed by atoms with Gasteiger partial charge in [-0.25, -0.2) is 3.63 Å². The third kappa shape index (κ3) is 6.29. The second-order valence-corrected chi connectivity index (χ2v) is 10.3. The SMILES string of the molecule is CSOSC(C)(N)OS(C)(C)C(C)(C)OSC. The third-order valence-corrected chi connectivity index (χ3v) is 7.35. The maximum Gasteiger partial charge on any atom is 0.199 e. The molecule has 8 heteroatoms. The lowest BCUT2D eigenvalue weighted by Gasteiger charge is -2.47. The normalized spacial score (nSPS) is 17.9. The lowest BCUT2D eigenvalue weighted by Crippen LogP contribution is -2.41. The van der Waals surface area contributed by atoms with Crippen LogP contribution in [0.3, 0.4) is 0 Å². The molecule has 0 aliphatic heterocycles. The molecular weight excluding hydrogens is 298 g/mol. The molecule has 0 heterocycles. The summed E-state index contributed by atoms with van der Waals surface area (Å²) in [6, 6.07) is 0. The van der Waals surface area contributed by atoms with Gasteiger partial charge in [0, 0.05) is 24.6 Å². The minimum absolute atomic E-state index is 0.382. The predicted molar refractivity (Wildman–Crippen MR) is 84.0 cm³/mol. The van der Waals surface area contributed by atoms with Crippen LogP contribution in [0, 0.1) is 0 Å². The maximum absolute atomic E-state index is 6.04. The van der Waals surface area contributed by atoms with Gasteiger partial charge in [0.1, 0.15) is 4.93 Å². The Morgan fingerprint density at radius 1 is 1.06 bits per heavy atom. The molecule has 0 amide bonds. The second kappa shape index (κ2) is 7.14. The van der Waals surface area contributed by atoms with Gasteiger partial charge in [-0.1, -0.05) is 0 Å². The topological polar surface area (TPSA) is 53.7 Å². The van der Waals surface area contributed by atoms with Crippen molar-refractivity contribution in [2.45, 2.75) is 30.8 Å². The molecule has 106 valence electrons. The predicted octanol–water partition coefficient (Wildman–Crippen LogP) is 3.59. The molecule has 0 bridgehead atoms. The summed E-state index contributed by atoms with van der Waals surface area (Å²) in [7, 11) is -1.49. The van der Waals surface area contributed by atoms with E-state index in [1.165, 1.54) is 24.1 Å². The minimum Gasteiger partial charge on any atom is -0.300 e. The molecule has 2 N–H and O–H groups in total.